The Morgan fingerprint density at radius 2 is 1.66 bits per heavy atom. The molecule has 1 aromatic heterocycles. The van der Waals surface area contributed by atoms with E-state index in [2.05, 4.69) is 25.5 Å². The predicted octanol–water partition coefficient (Wildman–Crippen LogP) is 2.01. The third-order valence-electron chi connectivity index (χ3n) is 7.39. The van der Waals surface area contributed by atoms with E-state index in [9.17, 15) is 14.4 Å². The fourth-order valence-electron chi connectivity index (χ4n) is 5.04. The topological polar surface area (TPSA) is 108 Å². The summed E-state index contributed by atoms with van der Waals surface area (Å²) in [5.74, 6) is 0.0531. The summed E-state index contributed by atoms with van der Waals surface area (Å²) < 4.78 is 0. The summed E-state index contributed by atoms with van der Waals surface area (Å²) in [4.78, 5) is 50.3. The van der Waals surface area contributed by atoms with Gasteiger partial charge in [-0.05, 0) is 56.6 Å². The number of anilines is 1. The molecule has 1 saturated carbocycles. The van der Waals surface area contributed by atoms with Crippen LogP contribution in [0.2, 0.25) is 0 Å². The SMILES string of the molecule is O=C(NC1(C(=O)NCC2CCN(c3ccccc3C(=O)N3CCCC3)CC2)CC1)c1cncnc1. The summed E-state index contributed by atoms with van der Waals surface area (Å²) in [5, 5.41) is 5.93. The lowest BCUT2D eigenvalue weighted by Crippen LogP contribution is -2.50. The molecular formula is C26H32N6O3. The van der Waals surface area contributed by atoms with Gasteiger partial charge in [-0.1, -0.05) is 12.1 Å². The van der Waals surface area contributed by atoms with Crippen LogP contribution in [0.3, 0.4) is 0 Å². The number of hydrogen-bond acceptors (Lipinski definition) is 6. The third-order valence-corrected chi connectivity index (χ3v) is 7.39. The first-order chi connectivity index (χ1) is 17.1. The Labute approximate surface area is 205 Å². The van der Waals surface area contributed by atoms with Gasteiger partial charge in [0.15, 0.2) is 0 Å². The minimum absolute atomic E-state index is 0.119. The van der Waals surface area contributed by atoms with Crippen LogP contribution < -0.4 is 15.5 Å². The van der Waals surface area contributed by atoms with Gasteiger partial charge in [0, 0.05) is 50.8 Å². The molecule has 2 aliphatic heterocycles. The van der Waals surface area contributed by atoms with Crippen molar-refractivity contribution in [2.45, 2.75) is 44.1 Å². The molecule has 1 aromatic carbocycles. The fourth-order valence-corrected chi connectivity index (χ4v) is 5.04. The molecule has 3 heterocycles. The molecule has 5 rings (SSSR count). The maximum absolute atomic E-state index is 13.0. The van der Waals surface area contributed by atoms with Gasteiger partial charge < -0.3 is 20.4 Å². The van der Waals surface area contributed by atoms with E-state index in [1.807, 2.05) is 29.2 Å². The smallest absolute Gasteiger partial charge is 0.255 e. The summed E-state index contributed by atoms with van der Waals surface area (Å²) in [5.41, 5.74) is 1.33. The number of carbonyl (C=O) groups excluding carboxylic acids is 3. The van der Waals surface area contributed by atoms with Crippen LogP contribution in [0.1, 0.15) is 59.2 Å². The second-order valence-electron chi connectivity index (χ2n) is 9.82. The van der Waals surface area contributed by atoms with Crippen molar-refractivity contribution in [3.05, 3.63) is 54.1 Å². The zero-order valence-corrected chi connectivity index (χ0v) is 19.9. The Hall–Kier alpha value is -3.49. The number of amides is 3. The van der Waals surface area contributed by atoms with Gasteiger partial charge in [0.25, 0.3) is 11.8 Å². The third kappa shape index (κ3) is 5.13. The largest absolute Gasteiger partial charge is 0.371 e. The molecule has 0 radical (unpaired) electrons. The van der Waals surface area contributed by atoms with Gasteiger partial charge in [-0.15, -0.1) is 0 Å². The molecule has 2 aromatic rings. The van der Waals surface area contributed by atoms with Gasteiger partial charge in [-0.25, -0.2) is 9.97 Å². The van der Waals surface area contributed by atoms with E-state index in [4.69, 9.17) is 0 Å². The molecular weight excluding hydrogens is 444 g/mol. The number of piperidine rings is 1. The lowest BCUT2D eigenvalue weighted by Gasteiger charge is -2.35. The molecule has 3 amide bonds. The van der Waals surface area contributed by atoms with Crippen LogP contribution in [0, 0.1) is 5.92 Å². The average molecular weight is 477 g/mol. The van der Waals surface area contributed by atoms with Crippen LogP contribution >= 0.6 is 0 Å². The molecule has 0 spiro atoms. The lowest BCUT2D eigenvalue weighted by molar-refractivity contribution is -0.124. The molecule has 0 unspecified atom stereocenters. The highest BCUT2D eigenvalue weighted by atomic mass is 16.2. The van der Waals surface area contributed by atoms with Crippen molar-refractivity contribution in [2.24, 2.45) is 5.92 Å². The Bertz CT molecular complexity index is 1070. The Balaban J connectivity index is 1.12. The summed E-state index contributed by atoms with van der Waals surface area (Å²) in [7, 11) is 0. The summed E-state index contributed by atoms with van der Waals surface area (Å²) >= 11 is 0. The van der Waals surface area contributed by atoms with Crippen molar-refractivity contribution >= 4 is 23.4 Å². The van der Waals surface area contributed by atoms with Crippen LogP contribution in [0.15, 0.2) is 43.0 Å². The molecule has 184 valence electrons. The van der Waals surface area contributed by atoms with Crippen molar-refractivity contribution in [3.63, 3.8) is 0 Å². The van der Waals surface area contributed by atoms with Crippen LogP contribution in [0.4, 0.5) is 5.69 Å². The van der Waals surface area contributed by atoms with Crippen molar-refractivity contribution in [1.29, 1.82) is 0 Å². The molecule has 9 heteroatoms. The number of nitrogens with zero attached hydrogens (tertiary/aromatic N) is 4. The Morgan fingerprint density at radius 1 is 0.971 bits per heavy atom. The van der Waals surface area contributed by atoms with Crippen molar-refractivity contribution in [1.82, 2.24) is 25.5 Å². The first-order valence-electron chi connectivity index (χ1n) is 12.5. The van der Waals surface area contributed by atoms with Crippen LogP contribution in [0.5, 0.6) is 0 Å². The highest BCUT2D eigenvalue weighted by Crippen LogP contribution is 2.36. The minimum Gasteiger partial charge on any atom is -0.371 e. The minimum atomic E-state index is -0.817. The number of nitrogens with one attached hydrogen (secondary N) is 2. The van der Waals surface area contributed by atoms with E-state index in [-0.39, 0.29) is 17.7 Å². The van der Waals surface area contributed by atoms with Crippen molar-refractivity contribution in [3.8, 4) is 0 Å². The lowest BCUT2D eigenvalue weighted by atomic mass is 9.95. The number of hydrogen-bond donors (Lipinski definition) is 2. The number of carbonyl (C=O) groups is 3. The molecule has 3 fully saturated rings. The second kappa shape index (κ2) is 10.0. The number of benzene rings is 1. The van der Waals surface area contributed by atoms with E-state index in [0.29, 0.717) is 30.9 Å². The molecule has 2 saturated heterocycles. The number of likely N-dealkylation sites (tertiary alicyclic amines) is 1. The van der Waals surface area contributed by atoms with E-state index in [0.717, 1.165) is 63.1 Å². The normalized spacial score (nSPS) is 19.3. The van der Waals surface area contributed by atoms with Crippen LogP contribution in [-0.2, 0) is 4.79 Å². The zero-order chi connectivity index (χ0) is 24.3. The van der Waals surface area contributed by atoms with Gasteiger partial charge >= 0.3 is 0 Å². The monoisotopic (exact) mass is 476 g/mol. The Morgan fingerprint density at radius 3 is 2.34 bits per heavy atom. The van der Waals surface area contributed by atoms with E-state index in [1.54, 1.807) is 0 Å². The van der Waals surface area contributed by atoms with Gasteiger partial charge in [0.05, 0.1) is 11.1 Å². The van der Waals surface area contributed by atoms with Gasteiger partial charge in [0.1, 0.15) is 11.9 Å². The first-order valence-corrected chi connectivity index (χ1v) is 12.5. The zero-order valence-electron chi connectivity index (χ0n) is 19.9. The van der Waals surface area contributed by atoms with Gasteiger partial charge in [0.2, 0.25) is 5.91 Å². The van der Waals surface area contributed by atoms with E-state index in [1.165, 1.54) is 18.7 Å². The van der Waals surface area contributed by atoms with E-state index >= 15 is 0 Å². The van der Waals surface area contributed by atoms with E-state index < -0.39 is 5.54 Å². The highest BCUT2D eigenvalue weighted by Gasteiger charge is 2.51. The predicted molar refractivity (Wildman–Crippen MR) is 131 cm³/mol. The first kappa shape index (κ1) is 23.3. The average Bonchev–Trinajstić information content (AvgIpc) is 3.48. The number of aromatic nitrogens is 2. The summed E-state index contributed by atoms with van der Waals surface area (Å²) in [6, 6.07) is 7.91. The van der Waals surface area contributed by atoms with Crippen molar-refractivity contribution in [2.75, 3.05) is 37.6 Å². The number of rotatable bonds is 7. The van der Waals surface area contributed by atoms with Crippen LogP contribution in [-0.4, -0.2) is 70.9 Å². The standard InChI is InChI=1S/C26H32N6O3/c33-23(20-16-27-18-28-17-20)30-26(9-10-26)25(35)29-15-19-7-13-31(14-8-19)22-6-2-1-5-21(22)24(34)32-11-3-4-12-32/h1-2,5-6,16-19H,3-4,7-15H2,(H,29,35)(H,30,33). The molecule has 35 heavy (non-hydrogen) atoms. The molecule has 1 aliphatic carbocycles. The van der Waals surface area contributed by atoms with Gasteiger partial charge in [-0.3, -0.25) is 14.4 Å². The summed E-state index contributed by atoms with van der Waals surface area (Å²) in [6.45, 7) is 3.97. The van der Waals surface area contributed by atoms with Crippen molar-refractivity contribution < 1.29 is 14.4 Å². The molecule has 0 atom stereocenters. The maximum Gasteiger partial charge on any atom is 0.255 e. The van der Waals surface area contributed by atoms with Crippen LogP contribution in [0.25, 0.3) is 0 Å². The summed E-state index contributed by atoms with van der Waals surface area (Å²) in [6.07, 6.45) is 9.57. The Kier molecular flexibility index (Phi) is 6.66. The maximum atomic E-state index is 13.0. The number of para-hydroxylation sites is 1. The molecule has 3 aliphatic rings. The molecule has 0 bridgehead atoms. The fraction of sp³-hybridized carbons (Fsp3) is 0.500. The molecule has 9 nitrogen and oxygen atoms in total. The quantitative estimate of drug-likeness (QED) is 0.633. The highest BCUT2D eigenvalue weighted by molar-refractivity contribution is 6.01. The van der Waals surface area contributed by atoms with Gasteiger partial charge in [-0.2, -0.15) is 0 Å². The second-order valence-corrected chi connectivity index (χ2v) is 9.82. The molecule has 2 N–H and O–H groups in total.